The molecule has 0 radical (unpaired) electrons. The first-order chi connectivity index (χ1) is 13.1. The molecule has 0 saturated carbocycles. The Morgan fingerprint density at radius 3 is 2.54 bits per heavy atom. The zero-order chi connectivity index (χ0) is 19.2. The van der Waals surface area contributed by atoms with Gasteiger partial charge in [0, 0.05) is 12.2 Å². The summed E-state index contributed by atoms with van der Waals surface area (Å²) < 4.78 is 6.81. The first-order valence-corrected chi connectivity index (χ1v) is 8.80. The molecular formula is C20H24ClN5O2. The van der Waals surface area contributed by atoms with Gasteiger partial charge < -0.3 is 15.4 Å². The number of nitrogens with zero attached hydrogens (tertiary/aromatic N) is 3. The van der Waals surface area contributed by atoms with Crippen LogP contribution in [0.15, 0.2) is 48.5 Å². The molecule has 1 amide bonds. The second-order valence-electron chi connectivity index (χ2n) is 6.02. The van der Waals surface area contributed by atoms with Gasteiger partial charge in [0.2, 0.25) is 0 Å². The molecule has 28 heavy (non-hydrogen) atoms. The molecule has 2 N–H and O–H groups in total. The van der Waals surface area contributed by atoms with Gasteiger partial charge in [0.25, 0.3) is 5.91 Å². The smallest absolute Gasteiger partial charge is 0.278 e. The molecule has 0 unspecified atom stereocenters. The van der Waals surface area contributed by atoms with Crippen molar-refractivity contribution in [3.8, 4) is 11.4 Å². The number of benzene rings is 2. The Morgan fingerprint density at radius 1 is 1.14 bits per heavy atom. The first kappa shape index (κ1) is 21.4. The summed E-state index contributed by atoms with van der Waals surface area (Å²) in [5, 5.41) is 14.4. The number of aromatic nitrogens is 3. The van der Waals surface area contributed by atoms with E-state index in [2.05, 4.69) is 20.9 Å². The Labute approximate surface area is 170 Å². The summed E-state index contributed by atoms with van der Waals surface area (Å²) in [7, 11) is 1.62. The van der Waals surface area contributed by atoms with Crippen LogP contribution in [0, 0.1) is 6.92 Å². The van der Waals surface area contributed by atoms with Crippen molar-refractivity contribution in [2.75, 3.05) is 19.0 Å². The van der Waals surface area contributed by atoms with Crippen LogP contribution in [0.1, 0.15) is 28.7 Å². The largest absolute Gasteiger partial charge is 0.497 e. The number of ether oxygens (including phenoxy) is 1. The van der Waals surface area contributed by atoms with Gasteiger partial charge in [0.1, 0.15) is 5.75 Å². The lowest BCUT2D eigenvalue weighted by atomic mass is 10.1. The molecule has 0 saturated heterocycles. The lowest BCUT2D eigenvalue weighted by molar-refractivity contribution is 0.102. The number of rotatable bonds is 7. The number of para-hydroxylation sites is 1. The Hall–Kier alpha value is -2.90. The van der Waals surface area contributed by atoms with E-state index < -0.39 is 0 Å². The van der Waals surface area contributed by atoms with Crippen molar-refractivity contribution < 1.29 is 9.53 Å². The van der Waals surface area contributed by atoms with E-state index in [0.717, 1.165) is 29.2 Å². The van der Waals surface area contributed by atoms with E-state index in [4.69, 9.17) is 4.74 Å². The van der Waals surface area contributed by atoms with Crippen LogP contribution < -0.4 is 15.4 Å². The van der Waals surface area contributed by atoms with Crippen LogP contribution >= 0.6 is 12.4 Å². The molecule has 148 valence electrons. The standard InChI is InChI=1S/C20H23N5O2.ClH/c1-4-21-13-15-7-5-6-8-18(15)22-20(26)19-14(2)25(24-23-19)16-9-11-17(27-3)12-10-16;/h5-12,21H,4,13H2,1-3H3,(H,22,26);1H. The summed E-state index contributed by atoms with van der Waals surface area (Å²) in [6.45, 7) is 5.41. The quantitative estimate of drug-likeness (QED) is 0.634. The molecule has 2 aromatic carbocycles. The van der Waals surface area contributed by atoms with Gasteiger partial charge in [-0.15, -0.1) is 17.5 Å². The molecule has 0 aliphatic rings. The second kappa shape index (κ2) is 9.87. The fraction of sp³-hybridized carbons (Fsp3) is 0.250. The zero-order valence-corrected chi connectivity index (χ0v) is 16.9. The van der Waals surface area contributed by atoms with E-state index in [-0.39, 0.29) is 18.3 Å². The zero-order valence-electron chi connectivity index (χ0n) is 16.1. The molecule has 7 nitrogen and oxygen atoms in total. The SMILES string of the molecule is CCNCc1ccccc1NC(=O)c1nnn(-c2ccc(OC)cc2)c1C.Cl. The van der Waals surface area contributed by atoms with Gasteiger partial charge in [-0.05, 0) is 49.4 Å². The molecule has 8 heteroatoms. The van der Waals surface area contributed by atoms with Crippen LogP contribution in [0.5, 0.6) is 5.75 Å². The molecule has 1 heterocycles. The molecule has 0 aliphatic heterocycles. The molecule has 3 rings (SSSR count). The number of nitrogens with one attached hydrogen (secondary N) is 2. The van der Waals surface area contributed by atoms with Crippen LogP contribution in [-0.2, 0) is 6.54 Å². The number of carbonyl (C=O) groups is 1. The van der Waals surface area contributed by atoms with Crippen LogP contribution in [0.2, 0.25) is 0 Å². The van der Waals surface area contributed by atoms with Crippen molar-refractivity contribution in [3.63, 3.8) is 0 Å². The maximum Gasteiger partial charge on any atom is 0.278 e. The first-order valence-electron chi connectivity index (χ1n) is 8.80. The third-order valence-electron chi connectivity index (χ3n) is 4.26. The molecule has 0 fully saturated rings. The van der Waals surface area contributed by atoms with Gasteiger partial charge in [-0.25, -0.2) is 4.68 Å². The van der Waals surface area contributed by atoms with Crippen molar-refractivity contribution in [1.82, 2.24) is 20.3 Å². The van der Waals surface area contributed by atoms with Crippen LogP contribution in [0.4, 0.5) is 5.69 Å². The topological polar surface area (TPSA) is 81.1 Å². The van der Waals surface area contributed by atoms with E-state index >= 15 is 0 Å². The predicted octanol–water partition coefficient (Wildman–Crippen LogP) is 3.37. The van der Waals surface area contributed by atoms with E-state index in [1.165, 1.54) is 0 Å². The molecule has 1 aromatic heterocycles. The number of amides is 1. The van der Waals surface area contributed by atoms with E-state index in [1.54, 1.807) is 11.8 Å². The van der Waals surface area contributed by atoms with E-state index in [1.807, 2.05) is 62.4 Å². The highest BCUT2D eigenvalue weighted by Gasteiger charge is 2.18. The van der Waals surface area contributed by atoms with Crippen LogP contribution in [0.25, 0.3) is 5.69 Å². The van der Waals surface area contributed by atoms with Gasteiger partial charge in [-0.2, -0.15) is 0 Å². The molecular weight excluding hydrogens is 378 g/mol. The lowest BCUT2D eigenvalue weighted by Gasteiger charge is -2.11. The summed E-state index contributed by atoms with van der Waals surface area (Å²) in [6, 6.07) is 15.1. The summed E-state index contributed by atoms with van der Waals surface area (Å²) in [5.41, 5.74) is 3.56. The minimum atomic E-state index is -0.281. The van der Waals surface area contributed by atoms with Gasteiger partial charge in [-0.1, -0.05) is 30.3 Å². The lowest BCUT2D eigenvalue weighted by Crippen LogP contribution is -2.18. The Balaban J connectivity index is 0.00000280. The summed E-state index contributed by atoms with van der Waals surface area (Å²) in [6.07, 6.45) is 0. The minimum Gasteiger partial charge on any atom is -0.497 e. The number of methoxy groups -OCH3 is 1. The fourth-order valence-electron chi connectivity index (χ4n) is 2.75. The van der Waals surface area contributed by atoms with Crippen LogP contribution in [0.3, 0.4) is 0 Å². The van der Waals surface area contributed by atoms with Gasteiger partial charge in [0.15, 0.2) is 5.69 Å². The monoisotopic (exact) mass is 401 g/mol. The highest BCUT2D eigenvalue weighted by molar-refractivity contribution is 6.04. The number of hydrogen-bond donors (Lipinski definition) is 2. The number of halogens is 1. The summed E-state index contributed by atoms with van der Waals surface area (Å²) in [5.74, 6) is 0.475. The molecule has 0 bridgehead atoms. The highest BCUT2D eigenvalue weighted by Crippen LogP contribution is 2.19. The predicted molar refractivity (Wildman–Crippen MR) is 112 cm³/mol. The maximum absolute atomic E-state index is 12.7. The molecule has 3 aromatic rings. The van der Waals surface area contributed by atoms with Gasteiger partial charge in [-0.3, -0.25) is 4.79 Å². The Bertz CT molecular complexity index is 925. The van der Waals surface area contributed by atoms with Crippen LogP contribution in [-0.4, -0.2) is 34.6 Å². The average Bonchev–Trinajstić information content (AvgIpc) is 3.09. The van der Waals surface area contributed by atoms with Crippen molar-refractivity contribution >= 4 is 24.0 Å². The van der Waals surface area contributed by atoms with Crippen molar-refractivity contribution in [2.45, 2.75) is 20.4 Å². The Kier molecular flexibility index (Phi) is 7.54. The summed E-state index contributed by atoms with van der Waals surface area (Å²) >= 11 is 0. The number of hydrogen-bond acceptors (Lipinski definition) is 5. The van der Waals surface area contributed by atoms with Crippen molar-refractivity contribution in [3.05, 3.63) is 65.5 Å². The molecule has 0 atom stereocenters. The van der Waals surface area contributed by atoms with Crippen molar-refractivity contribution in [1.29, 1.82) is 0 Å². The average molecular weight is 402 g/mol. The van der Waals surface area contributed by atoms with E-state index in [9.17, 15) is 4.79 Å². The minimum absolute atomic E-state index is 0. The van der Waals surface area contributed by atoms with Gasteiger partial charge >= 0.3 is 0 Å². The third kappa shape index (κ3) is 4.68. The van der Waals surface area contributed by atoms with E-state index in [0.29, 0.717) is 17.9 Å². The maximum atomic E-state index is 12.7. The number of anilines is 1. The summed E-state index contributed by atoms with van der Waals surface area (Å²) in [4.78, 5) is 12.7. The molecule has 0 spiro atoms. The Morgan fingerprint density at radius 2 is 1.86 bits per heavy atom. The van der Waals surface area contributed by atoms with Gasteiger partial charge in [0.05, 0.1) is 18.5 Å². The fourth-order valence-corrected chi connectivity index (χ4v) is 2.75. The third-order valence-corrected chi connectivity index (χ3v) is 4.26. The van der Waals surface area contributed by atoms with Crippen molar-refractivity contribution in [2.24, 2.45) is 0 Å². The number of carbonyl (C=O) groups excluding carboxylic acids is 1. The highest BCUT2D eigenvalue weighted by atomic mass is 35.5. The molecule has 0 aliphatic carbocycles. The normalized spacial score (nSPS) is 10.2. The second-order valence-corrected chi connectivity index (χ2v) is 6.02.